The zero-order valence-electron chi connectivity index (χ0n) is 16.6. The summed E-state index contributed by atoms with van der Waals surface area (Å²) in [6.45, 7) is 3.89. The van der Waals surface area contributed by atoms with E-state index < -0.39 is 5.97 Å². The molecule has 4 heteroatoms. The lowest BCUT2D eigenvalue weighted by molar-refractivity contribution is -0.142. The van der Waals surface area contributed by atoms with Gasteiger partial charge in [0, 0.05) is 24.2 Å². The Morgan fingerprint density at radius 3 is 2.54 bits per heavy atom. The van der Waals surface area contributed by atoms with Crippen molar-refractivity contribution in [2.75, 3.05) is 0 Å². The number of hydrogen-bond acceptors (Lipinski definition) is 2. The molecule has 2 aromatic carbocycles. The molecule has 1 aliphatic heterocycles. The van der Waals surface area contributed by atoms with Crippen molar-refractivity contribution in [3.05, 3.63) is 70.2 Å². The third-order valence-electron chi connectivity index (χ3n) is 5.87. The van der Waals surface area contributed by atoms with Crippen molar-refractivity contribution in [3.63, 3.8) is 0 Å². The number of unbranched alkanes of at least 4 members (excludes halogenated alkanes) is 1. The molecule has 3 nitrogen and oxygen atoms in total. The van der Waals surface area contributed by atoms with E-state index in [1.54, 1.807) is 0 Å². The highest BCUT2D eigenvalue weighted by molar-refractivity contribution is 6.30. The van der Waals surface area contributed by atoms with Gasteiger partial charge in [0.2, 0.25) is 0 Å². The summed E-state index contributed by atoms with van der Waals surface area (Å²) in [5.41, 5.74) is 4.03. The molecule has 1 N–H and O–H groups in total. The van der Waals surface area contributed by atoms with Crippen LogP contribution in [0.15, 0.2) is 48.5 Å². The fourth-order valence-corrected chi connectivity index (χ4v) is 4.30. The van der Waals surface area contributed by atoms with E-state index in [2.05, 4.69) is 48.2 Å². The highest BCUT2D eigenvalue weighted by atomic mass is 35.5. The first-order valence-electron chi connectivity index (χ1n) is 10.3. The summed E-state index contributed by atoms with van der Waals surface area (Å²) in [6, 6.07) is 17.0. The number of carboxylic acids is 1. The largest absolute Gasteiger partial charge is 0.481 e. The van der Waals surface area contributed by atoms with Gasteiger partial charge in [-0.1, -0.05) is 67.8 Å². The average molecular weight is 400 g/mol. The highest BCUT2D eigenvalue weighted by Gasteiger charge is 2.28. The summed E-state index contributed by atoms with van der Waals surface area (Å²) in [5, 5.41) is 10.3. The molecule has 1 aliphatic rings. The van der Waals surface area contributed by atoms with Gasteiger partial charge in [-0.15, -0.1) is 0 Å². The number of benzene rings is 2. The van der Waals surface area contributed by atoms with Gasteiger partial charge < -0.3 is 5.11 Å². The van der Waals surface area contributed by atoms with Crippen molar-refractivity contribution < 1.29 is 9.90 Å². The molecule has 2 atom stereocenters. The Morgan fingerprint density at radius 2 is 1.86 bits per heavy atom. The van der Waals surface area contributed by atoms with Crippen LogP contribution in [-0.4, -0.2) is 22.0 Å². The number of fused-ring (bicyclic) bond motifs is 1. The number of hydrogen-bond donors (Lipinski definition) is 1. The first-order valence-corrected chi connectivity index (χ1v) is 10.7. The van der Waals surface area contributed by atoms with E-state index in [0.29, 0.717) is 6.04 Å². The molecular weight excluding hydrogens is 370 g/mol. The van der Waals surface area contributed by atoms with Gasteiger partial charge in [-0.05, 0) is 54.5 Å². The van der Waals surface area contributed by atoms with E-state index in [0.717, 1.165) is 56.6 Å². The first-order chi connectivity index (χ1) is 13.6. The van der Waals surface area contributed by atoms with Gasteiger partial charge in [0.05, 0.1) is 5.92 Å². The summed E-state index contributed by atoms with van der Waals surface area (Å²) in [4.78, 5) is 14.2. The third kappa shape index (κ3) is 5.59. The predicted octanol–water partition coefficient (Wildman–Crippen LogP) is 5.94. The second-order valence-corrected chi connectivity index (χ2v) is 8.35. The normalized spacial score (nSPS) is 17.9. The van der Waals surface area contributed by atoms with Gasteiger partial charge in [0.15, 0.2) is 0 Å². The molecule has 0 radical (unpaired) electrons. The van der Waals surface area contributed by atoms with E-state index in [4.69, 9.17) is 11.6 Å². The number of halogens is 1. The zero-order valence-corrected chi connectivity index (χ0v) is 17.4. The average Bonchev–Trinajstić information content (AvgIpc) is 2.69. The van der Waals surface area contributed by atoms with E-state index in [9.17, 15) is 9.90 Å². The summed E-state index contributed by atoms with van der Waals surface area (Å²) < 4.78 is 0. The summed E-state index contributed by atoms with van der Waals surface area (Å²) in [6.07, 6.45) is 5.47. The number of aliphatic carboxylic acids is 1. The molecule has 1 heterocycles. The number of nitrogens with zero attached hydrogens (tertiary/aromatic N) is 1. The van der Waals surface area contributed by atoms with Crippen LogP contribution >= 0.6 is 11.6 Å². The molecule has 2 aromatic rings. The van der Waals surface area contributed by atoms with Crippen LogP contribution in [0.3, 0.4) is 0 Å². The molecule has 0 aromatic heterocycles. The second kappa shape index (κ2) is 10.1. The SMILES string of the molecule is CCCCC(CCC1Cc2ccccc2CN1Cc1ccc(Cl)cc1)C(=O)O. The van der Waals surface area contributed by atoms with Crippen LogP contribution in [0.4, 0.5) is 0 Å². The Morgan fingerprint density at radius 1 is 1.14 bits per heavy atom. The van der Waals surface area contributed by atoms with Crippen LogP contribution in [0.2, 0.25) is 5.02 Å². The monoisotopic (exact) mass is 399 g/mol. The minimum absolute atomic E-state index is 0.227. The van der Waals surface area contributed by atoms with E-state index in [-0.39, 0.29) is 5.92 Å². The Kier molecular flexibility index (Phi) is 7.52. The Bertz CT molecular complexity index is 774. The summed E-state index contributed by atoms with van der Waals surface area (Å²) >= 11 is 6.04. The summed E-state index contributed by atoms with van der Waals surface area (Å²) in [7, 11) is 0. The third-order valence-corrected chi connectivity index (χ3v) is 6.12. The molecule has 2 unspecified atom stereocenters. The van der Waals surface area contributed by atoms with Gasteiger partial charge in [-0.2, -0.15) is 0 Å². The van der Waals surface area contributed by atoms with E-state index >= 15 is 0 Å². The van der Waals surface area contributed by atoms with Crippen molar-refractivity contribution in [1.82, 2.24) is 4.90 Å². The Hall–Kier alpha value is -1.84. The van der Waals surface area contributed by atoms with Crippen molar-refractivity contribution in [3.8, 4) is 0 Å². The first kappa shape index (κ1) is 20.9. The maximum atomic E-state index is 11.7. The van der Waals surface area contributed by atoms with Crippen LogP contribution in [0.5, 0.6) is 0 Å². The van der Waals surface area contributed by atoms with Crippen LogP contribution in [0, 0.1) is 5.92 Å². The van der Waals surface area contributed by atoms with E-state index in [1.807, 2.05) is 12.1 Å². The molecule has 0 spiro atoms. The molecule has 0 aliphatic carbocycles. The van der Waals surface area contributed by atoms with Crippen LogP contribution in [0.1, 0.15) is 55.7 Å². The smallest absolute Gasteiger partial charge is 0.306 e. The number of carboxylic acid groups (broad SMARTS) is 1. The molecule has 0 saturated carbocycles. The molecule has 28 heavy (non-hydrogen) atoms. The minimum atomic E-state index is -0.645. The zero-order chi connectivity index (χ0) is 19.9. The predicted molar refractivity (Wildman–Crippen MR) is 115 cm³/mol. The second-order valence-electron chi connectivity index (χ2n) is 7.91. The topological polar surface area (TPSA) is 40.5 Å². The molecule has 3 rings (SSSR count). The molecule has 0 fully saturated rings. The standard InChI is InChI=1S/C24H30ClNO2/c1-2-3-6-19(24(27)28)11-14-23-15-20-7-4-5-8-21(20)17-26(23)16-18-9-12-22(25)13-10-18/h4-5,7-10,12-13,19,23H,2-3,6,11,14-17H2,1H3,(H,27,28). The lowest BCUT2D eigenvalue weighted by Crippen LogP contribution is -2.40. The van der Waals surface area contributed by atoms with Gasteiger partial charge in [-0.3, -0.25) is 9.69 Å². The van der Waals surface area contributed by atoms with E-state index in [1.165, 1.54) is 16.7 Å². The molecule has 0 bridgehead atoms. The summed E-state index contributed by atoms with van der Waals surface area (Å²) in [5.74, 6) is -0.872. The molecule has 150 valence electrons. The lowest BCUT2D eigenvalue weighted by Gasteiger charge is -2.37. The van der Waals surface area contributed by atoms with Crippen molar-refractivity contribution in [2.45, 2.75) is 64.6 Å². The van der Waals surface area contributed by atoms with Gasteiger partial charge >= 0.3 is 5.97 Å². The van der Waals surface area contributed by atoms with Gasteiger partial charge in [-0.25, -0.2) is 0 Å². The van der Waals surface area contributed by atoms with Gasteiger partial charge in [0.1, 0.15) is 0 Å². The number of carbonyl (C=O) groups is 1. The Balaban J connectivity index is 1.72. The maximum absolute atomic E-state index is 11.7. The molecule has 0 saturated heterocycles. The minimum Gasteiger partial charge on any atom is -0.481 e. The lowest BCUT2D eigenvalue weighted by atomic mass is 9.88. The van der Waals surface area contributed by atoms with Crippen LogP contribution < -0.4 is 0 Å². The van der Waals surface area contributed by atoms with Crippen LogP contribution in [0.25, 0.3) is 0 Å². The quantitative estimate of drug-likeness (QED) is 0.567. The van der Waals surface area contributed by atoms with Gasteiger partial charge in [0.25, 0.3) is 0 Å². The highest BCUT2D eigenvalue weighted by Crippen LogP contribution is 2.29. The van der Waals surface area contributed by atoms with Crippen LogP contribution in [-0.2, 0) is 24.3 Å². The van der Waals surface area contributed by atoms with Crippen molar-refractivity contribution in [2.24, 2.45) is 5.92 Å². The van der Waals surface area contributed by atoms with Crippen molar-refractivity contribution in [1.29, 1.82) is 0 Å². The van der Waals surface area contributed by atoms with Crippen molar-refractivity contribution >= 4 is 17.6 Å². The fourth-order valence-electron chi connectivity index (χ4n) is 4.17. The molecular formula is C24H30ClNO2. The maximum Gasteiger partial charge on any atom is 0.306 e. The Labute approximate surface area is 173 Å². The fraction of sp³-hybridized carbons (Fsp3) is 0.458. The number of rotatable bonds is 9. The molecule has 0 amide bonds.